The van der Waals surface area contributed by atoms with Crippen LogP contribution in [-0.2, 0) is 0 Å². The van der Waals surface area contributed by atoms with Crippen LogP contribution in [0, 0.1) is 0 Å². The highest BCUT2D eigenvalue weighted by molar-refractivity contribution is 5.95. The number of hydrogen-bond acceptors (Lipinski definition) is 6. The number of carboxylic acids is 2. The van der Waals surface area contributed by atoms with Crippen LogP contribution >= 0.6 is 0 Å². The Morgan fingerprint density at radius 1 is 0.882 bits per heavy atom. The number of benzene rings is 2. The third kappa shape index (κ3) is 4.86. The molecule has 168 valence electrons. The van der Waals surface area contributed by atoms with E-state index in [4.69, 9.17) is 10.2 Å². The van der Waals surface area contributed by atoms with Gasteiger partial charge in [-0.3, -0.25) is 9.78 Å². The smallest absolute Gasteiger partial charge is 0.335 e. The van der Waals surface area contributed by atoms with Crippen LogP contribution in [0.5, 0.6) is 0 Å². The van der Waals surface area contributed by atoms with Gasteiger partial charge >= 0.3 is 11.9 Å². The molecule has 0 saturated carbocycles. The molecule has 2 heterocycles. The molecule has 0 radical (unpaired) electrons. The van der Waals surface area contributed by atoms with E-state index in [2.05, 4.69) is 20.6 Å². The fourth-order valence-corrected chi connectivity index (χ4v) is 3.09. The van der Waals surface area contributed by atoms with E-state index in [1.54, 1.807) is 48.8 Å². The third-order valence-electron chi connectivity index (χ3n) is 4.82. The van der Waals surface area contributed by atoms with Crippen molar-refractivity contribution < 1.29 is 24.6 Å². The summed E-state index contributed by atoms with van der Waals surface area (Å²) in [7, 11) is 0. The zero-order valence-electron chi connectivity index (χ0n) is 17.5. The maximum absolute atomic E-state index is 12.2. The second kappa shape index (κ2) is 9.57. The Labute approximate surface area is 192 Å². The summed E-state index contributed by atoms with van der Waals surface area (Å²) in [6.45, 7) is 0. The second-order valence-electron chi connectivity index (χ2n) is 7.05. The molecule has 2 aromatic carbocycles. The summed E-state index contributed by atoms with van der Waals surface area (Å²) < 4.78 is 1.54. The van der Waals surface area contributed by atoms with Gasteiger partial charge in [0.15, 0.2) is 0 Å². The lowest BCUT2D eigenvalue weighted by molar-refractivity contribution is 0.0686. The van der Waals surface area contributed by atoms with Crippen LogP contribution in [0.4, 0.5) is 0 Å². The second-order valence-corrected chi connectivity index (χ2v) is 7.05. The summed E-state index contributed by atoms with van der Waals surface area (Å²) in [5.74, 6) is -2.52. The molecule has 3 N–H and O–H groups in total. The fourth-order valence-electron chi connectivity index (χ4n) is 3.09. The minimum atomic E-state index is -1.05. The molecular weight excluding hydrogens is 438 g/mol. The van der Waals surface area contributed by atoms with E-state index in [1.165, 1.54) is 41.4 Å². The van der Waals surface area contributed by atoms with Crippen molar-refractivity contribution in [3.63, 3.8) is 0 Å². The largest absolute Gasteiger partial charge is 0.478 e. The highest BCUT2D eigenvalue weighted by Gasteiger charge is 2.13. The van der Waals surface area contributed by atoms with Crippen molar-refractivity contribution in [2.24, 2.45) is 5.10 Å². The summed E-state index contributed by atoms with van der Waals surface area (Å²) in [6, 6.07) is 15.5. The Bertz CT molecular complexity index is 1380. The minimum absolute atomic E-state index is 0.131. The monoisotopic (exact) mass is 455 g/mol. The van der Waals surface area contributed by atoms with Crippen molar-refractivity contribution in [2.75, 3.05) is 0 Å². The first-order valence-corrected chi connectivity index (χ1v) is 9.93. The molecule has 0 atom stereocenters. The van der Waals surface area contributed by atoms with Gasteiger partial charge in [0.1, 0.15) is 5.69 Å². The lowest BCUT2D eigenvalue weighted by Crippen LogP contribution is -2.17. The topological polar surface area (TPSA) is 147 Å². The van der Waals surface area contributed by atoms with Crippen molar-refractivity contribution in [3.8, 4) is 16.9 Å². The molecule has 0 aliphatic carbocycles. The number of rotatable bonds is 7. The normalized spacial score (nSPS) is 10.8. The molecule has 0 fully saturated rings. The number of nitrogens with zero attached hydrogens (tertiary/aromatic N) is 4. The molecule has 10 heteroatoms. The van der Waals surface area contributed by atoms with Crippen LogP contribution in [0.15, 0.2) is 84.4 Å². The van der Waals surface area contributed by atoms with Gasteiger partial charge < -0.3 is 10.2 Å². The Hall–Kier alpha value is -5.12. The zero-order valence-corrected chi connectivity index (χ0v) is 17.5. The molecule has 0 bridgehead atoms. The number of carbonyl (C=O) groups excluding carboxylic acids is 1. The van der Waals surface area contributed by atoms with Crippen molar-refractivity contribution in [2.45, 2.75) is 0 Å². The molecule has 4 rings (SSSR count). The van der Waals surface area contributed by atoms with E-state index in [0.717, 1.165) is 0 Å². The van der Waals surface area contributed by atoms with Crippen LogP contribution in [0.25, 0.3) is 16.9 Å². The summed E-state index contributed by atoms with van der Waals surface area (Å²) in [6.07, 6.45) is 6.05. The van der Waals surface area contributed by atoms with Crippen molar-refractivity contribution in [1.29, 1.82) is 0 Å². The standard InChI is InChI=1S/C24H17N5O5/c30-22(18-2-1-11-25-12-18)27-26-13-19-14-29(20-9-7-17(8-10-20)24(33)34)28-21(19)15-3-5-16(6-4-15)23(31)32/h1-14H,(H,27,30)(H,31,32)(H,33,34)/b26-13+. The van der Waals surface area contributed by atoms with Crippen LogP contribution in [0.2, 0.25) is 0 Å². The van der Waals surface area contributed by atoms with Crippen LogP contribution in [0.3, 0.4) is 0 Å². The van der Waals surface area contributed by atoms with E-state index >= 15 is 0 Å². The molecule has 1 amide bonds. The number of aromatic carboxylic acids is 2. The zero-order chi connectivity index (χ0) is 24.1. The van der Waals surface area contributed by atoms with Crippen molar-refractivity contribution >= 4 is 24.1 Å². The molecule has 0 saturated heterocycles. The van der Waals surface area contributed by atoms with E-state index in [1.807, 2.05) is 0 Å². The van der Waals surface area contributed by atoms with Crippen molar-refractivity contribution in [1.82, 2.24) is 20.2 Å². The number of hydrazone groups is 1. The summed E-state index contributed by atoms with van der Waals surface area (Å²) in [5.41, 5.74) is 5.30. The van der Waals surface area contributed by atoms with Crippen molar-refractivity contribution in [3.05, 3.63) is 102 Å². The third-order valence-corrected chi connectivity index (χ3v) is 4.82. The van der Waals surface area contributed by atoms with Gasteiger partial charge in [-0.1, -0.05) is 12.1 Å². The maximum Gasteiger partial charge on any atom is 0.335 e. The molecule has 0 aliphatic rings. The van der Waals surface area contributed by atoms with E-state index in [-0.39, 0.29) is 11.1 Å². The predicted octanol–water partition coefficient (Wildman–Crippen LogP) is 3.09. The van der Waals surface area contributed by atoms with Gasteiger partial charge in [-0.15, -0.1) is 0 Å². The molecule has 0 spiro atoms. The lowest BCUT2D eigenvalue weighted by atomic mass is 10.1. The molecule has 10 nitrogen and oxygen atoms in total. The van der Waals surface area contributed by atoms with Crippen LogP contribution in [-0.4, -0.2) is 49.0 Å². The first-order chi connectivity index (χ1) is 16.4. The Kier molecular flexibility index (Phi) is 6.22. The fraction of sp³-hybridized carbons (Fsp3) is 0. The maximum atomic E-state index is 12.2. The number of carboxylic acid groups (broad SMARTS) is 2. The van der Waals surface area contributed by atoms with Gasteiger partial charge in [-0.05, 0) is 48.5 Å². The summed E-state index contributed by atoms with van der Waals surface area (Å²) in [5, 5.41) is 26.8. The molecular formula is C24H17N5O5. The van der Waals surface area contributed by atoms with Gasteiger partial charge in [-0.2, -0.15) is 10.2 Å². The van der Waals surface area contributed by atoms with Crippen LogP contribution < -0.4 is 5.43 Å². The highest BCUT2D eigenvalue weighted by Crippen LogP contribution is 2.23. The molecule has 4 aromatic rings. The number of pyridine rings is 1. The summed E-state index contributed by atoms with van der Waals surface area (Å²) >= 11 is 0. The average molecular weight is 455 g/mol. The summed E-state index contributed by atoms with van der Waals surface area (Å²) in [4.78, 5) is 38.4. The highest BCUT2D eigenvalue weighted by atomic mass is 16.4. The molecule has 2 aromatic heterocycles. The number of amides is 1. The lowest BCUT2D eigenvalue weighted by Gasteiger charge is -2.02. The van der Waals surface area contributed by atoms with Gasteiger partial charge in [-0.25, -0.2) is 19.7 Å². The number of hydrogen-bond donors (Lipinski definition) is 3. The SMILES string of the molecule is O=C(O)c1ccc(-c2nn(-c3ccc(C(=O)O)cc3)cc2/C=N/NC(=O)c2cccnc2)cc1. The predicted molar refractivity (Wildman–Crippen MR) is 122 cm³/mol. The Balaban J connectivity index is 1.67. The van der Waals surface area contributed by atoms with Gasteiger partial charge in [0.05, 0.1) is 28.6 Å². The number of carbonyl (C=O) groups is 3. The first kappa shape index (κ1) is 22.1. The average Bonchev–Trinajstić information content (AvgIpc) is 3.28. The van der Waals surface area contributed by atoms with Gasteiger partial charge in [0, 0.05) is 29.7 Å². The Morgan fingerprint density at radius 2 is 1.53 bits per heavy atom. The molecule has 34 heavy (non-hydrogen) atoms. The van der Waals surface area contributed by atoms with Gasteiger partial charge in [0.2, 0.25) is 0 Å². The van der Waals surface area contributed by atoms with Crippen LogP contribution in [0.1, 0.15) is 36.6 Å². The van der Waals surface area contributed by atoms with Gasteiger partial charge in [0.25, 0.3) is 5.91 Å². The van der Waals surface area contributed by atoms with E-state index in [9.17, 15) is 14.4 Å². The number of aromatic nitrogens is 3. The Morgan fingerprint density at radius 3 is 2.12 bits per heavy atom. The quantitative estimate of drug-likeness (QED) is 0.287. The first-order valence-electron chi connectivity index (χ1n) is 9.93. The number of nitrogens with one attached hydrogen (secondary N) is 1. The molecule has 0 aliphatic heterocycles. The van der Waals surface area contributed by atoms with E-state index < -0.39 is 17.8 Å². The van der Waals surface area contributed by atoms with E-state index in [0.29, 0.717) is 28.1 Å². The minimum Gasteiger partial charge on any atom is -0.478 e. The molecule has 0 unspecified atom stereocenters.